The number of allylic oxidation sites excluding steroid dienone is 1. The van der Waals surface area contributed by atoms with Crippen molar-refractivity contribution in [1.29, 1.82) is 0 Å². The highest BCUT2D eigenvalue weighted by molar-refractivity contribution is 4.85. The average Bonchev–Trinajstić information content (AvgIpc) is 3.12. The summed E-state index contributed by atoms with van der Waals surface area (Å²) < 4.78 is 5.69. The molecule has 0 aromatic heterocycles. The number of unbranched alkanes of at least 4 members (excludes halogenated alkanes) is 8. The lowest BCUT2D eigenvalue weighted by molar-refractivity contribution is 0.349. The van der Waals surface area contributed by atoms with Crippen LogP contribution in [0.1, 0.15) is 84.0 Å². The number of hydrogen-bond donors (Lipinski definition) is 0. The van der Waals surface area contributed by atoms with Gasteiger partial charge in [-0.25, -0.2) is 0 Å². The molecule has 1 saturated heterocycles. The summed E-state index contributed by atoms with van der Waals surface area (Å²) in [5.41, 5.74) is 0. The van der Waals surface area contributed by atoms with Gasteiger partial charge in [0.05, 0.1) is 12.2 Å². The smallest absolute Gasteiger partial charge is 0.0842 e. The van der Waals surface area contributed by atoms with Crippen LogP contribution < -0.4 is 0 Å². The second-order valence-electron chi connectivity index (χ2n) is 5.70. The van der Waals surface area contributed by atoms with Crippen molar-refractivity contribution < 1.29 is 4.74 Å². The van der Waals surface area contributed by atoms with Gasteiger partial charge in [-0.3, -0.25) is 0 Å². The van der Waals surface area contributed by atoms with E-state index in [0.29, 0.717) is 12.2 Å². The molecule has 0 N–H and O–H groups in total. The second kappa shape index (κ2) is 10.6. The molecule has 0 bridgehead atoms. The zero-order valence-corrected chi connectivity index (χ0v) is 12.3. The van der Waals surface area contributed by atoms with Crippen molar-refractivity contribution in [2.45, 2.75) is 96.2 Å². The van der Waals surface area contributed by atoms with Gasteiger partial charge in [0.15, 0.2) is 0 Å². The summed E-state index contributed by atoms with van der Waals surface area (Å²) in [6, 6.07) is 0. The maximum atomic E-state index is 5.69. The first kappa shape index (κ1) is 15.8. The summed E-state index contributed by atoms with van der Waals surface area (Å²) >= 11 is 0. The van der Waals surface area contributed by atoms with Crippen molar-refractivity contribution in [3.8, 4) is 0 Å². The molecule has 1 aliphatic rings. The van der Waals surface area contributed by atoms with Gasteiger partial charge in [0.1, 0.15) is 0 Å². The number of epoxide rings is 1. The molecule has 1 aliphatic heterocycles. The van der Waals surface area contributed by atoms with Crippen LogP contribution in [0.15, 0.2) is 12.7 Å². The zero-order chi connectivity index (χ0) is 13.1. The van der Waals surface area contributed by atoms with E-state index >= 15 is 0 Å². The van der Waals surface area contributed by atoms with Gasteiger partial charge < -0.3 is 4.74 Å². The van der Waals surface area contributed by atoms with Crippen molar-refractivity contribution in [3.63, 3.8) is 0 Å². The van der Waals surface area contributed by atoms with E-state index in [-0.39, 0.29) is 0 Å². The Morgan fingerprint density at radius 1 is 0.833 bits per heavy atom. The van der Waals surface area contributed by atoms with Gasteiger partial charge in [0, 0.05) is 0 Å². The highest BCUT2D eigenvalue weighted by Crippen LogP contribution is 2.31. The summed E-state index contributed by atoms with van der Waals surface area (Å²) in [5, 5.41) is 0. The molecule has 0 aromatic rings. The van der Waals surface area contributed by atoms with Crippen LogP contribution in [0.2, 0.25) is 0 Å². The van der Waals surface area contributed by atoms with Crippen molar-refractivity contribution in [3.05, 3.63) is 12.7 Å². The highest BCUT2D eigenvalue weighted by Gasteiger charge is 2.36. The molecule has 1 fully saturated rings. The lowest BCUT2D eigenvalue weighted by Crippen LogP contribution is -1.94. The first-order valence-electron chi connectivity index (χ1n) is 8.14. The van der Waals surface area contributed by atoms with Gasteiger partial charge in [-0.05, 0) is 25.7 Å². The first-order valence-corrected chi connectivity index (χ1v) is 8.14. The fourth-order valence-electron chi connectivity index (χ4n) is 2.63. The molecule has 0 aromatic carbocycles. The Kier molecular flexibility index (Phi) is 9.28. The fraction of sp³-hybridized carbons (Fsp3) is 0.882. The van der Waals surface area contributed by atoms with E-state index in [1.54, 1.807) is 0 Å². The van der Waals surface area contributed by atoms with Crippen LogP contribution in [0.4, 0.5) is 0 Å². The van der Waals surface area contributed by atoms with Crippen LogP contribution >= 0.6 is 0 Å². The first-order chi connectivity index (χ1) is 8.88. The zero-order valence-electron chi connectivity index (χ0n) is 12.3. The minimum atomic E-state index is 0.592. The van der Waals surface area contributed by atoms with Gasteiger partial charge in [-0.15, -0.1) is 6.58 Å². The molecule has 0 radical (unpaired) electrons. The van der Waals surface area contributed by atoms with Gasteiger partial charge in [0.2, 0.25) is 0 Å². The molecule has 0 spiro atoms. The monoisotopic (exact) mass is 252 g/mol. The standard InChI is InChI=1S/C17H32O/c1-3-5-7-8-9-10-11-13-15-17-16(18-17)14-12-6-4-2/h4,16-17H,2-3,5-15H2,1H3. The van der Waals surface area contributed by atoms with E-state index in [4.69, 9.17) is 4.74 Å². The van der Waals surface area contributed by atoms with Gasteiger partial charge in [-0.1, -0.05) is 64.4 Å². The summed E-state index contributed by atoms with van der Waals surface area (Å²) in [5.74, 6) is 0. The van der Waals surface area contributed by atoms with E-state index in [1.165, 1.54) is 70.6 Å². The van der Waals surface area contributed by atoms with E-state index in [0.717, 1.165) is 6.42 Å². The van der Waals surface area contributed by atoms with Gasteiger partial charge in [-0.2, -0.15) is 0 Å². The van der Waals surface area contributed by atoms with E-state index in [9.17, 15) is 0 Å². The molecule has 1 heterocycles. The summed E-state index contributed by atoms with van der Waals surface area (Å²) in [6.45, 7) is 6.03. The third-order valence-corrected chi connectivity index (χ3v) is 3.93. The minimum absolute atomic E-state index is 0.592. The van der Waals surface area contributed by atoms with Crippen molar-refractivity contribution in [2.75, 3.05) is 0 Å². The van der Waals surface area contributed by atoms with Crippen LogP contribution in [-0.2, 0) is 4.74 Å². The third kappa shape index (κ3) is 7.92. The predicted octanol–water partition coefficient (Wildman–Crippen LogP) is 5.64. The largest absolute Gasteiger partial charge is 0.370 e. The maximum Gasteiger partial charge on any atom is 0.0842 e. The molecule has 1 nitrogen and oxygen atoms in total. The normalized spacial score (nSPS) is 22.1. The molecular formula is C17H32O. The molecular weight excluding hydrogens is 220 g/mol. The lowest BCUT2D eigenvalue weighted by atomic mass is 10.0. The Morgan fingerprint density at radius 2 is 1.39 bits per heavy atom. The van der Waals surface area contributed by atoms with E-state index in [1.807, 2.05) is 6.08 Å². The van der Waals surface area contributed by atoms with Crippen molar-refractivity contribution >= 4 is 0 Å². The second-order valence-corrected chi connectivity index (χ2v) is 5.70. The number of ether oxygens (including phenoxy) is 1. The summed E-state index contributed by atoms with van der Waals surface area (Å²) in [6.07, 6.45) is 19.4. The Bertz CT molecular complexity index is 200. The molecule has 2 atom stereocenters. The van der Waals surface area contributed by atoms with Crippen LogP contribution in [-0.4, -0.2) is 12.2 Å². The average molecular weight is 252 g/mol. The van der Waals surface area contributed by atoms with Crippen LogP contribution in [0.3, 0.4) is 0 Å². The van der Waals surface area contributed by atoms with Crippen molar-refractivity contribution in [1.82, 2.24) is 0 Å². The van der Waals surface area contributed by atoms with Crippen LogP contribution in [0.25, 0.3) is 0 Å². The Morgan fingerprint density at radius 3 is 2.00 bits per heavy atom. The molecule has 18 heavy (non-hydrogen) atoms. The minimum Gasteiger partial charge on any atom is -0.370 e. The topological polar surface area (TPSA) is 12.5 Å². The van der Waals surface area contributed by atoms with E-state index < -0.39 is 0 Å². The van der Waals surface area contributed by atoms with Crippen LogP contribution in [0.5, 0.6) is 0 Å². The molecule has 0 amide bonds. The molecule has 0 saturated carbocycles. The number of hydrogen-bond acceptors (Lipinski definition) is 1. The quantitative estimate of drug-likeness (QED) is 0.235. The fourth-order valence-corrected chi connectivity index (χ4v) is 2.63. The Labute approximate surface area is 114 Å². The molecule has 0 aliphatic carbocycles. The highest BCUT2D eigenvalue weighted by atomic mass is 16.6. The Balaban J connectivity index is 1.76. The van der Waals surface area contributed by atoms with Crippen LogP contribution in [0, 0.1) is 0 Å². The summed E-state index contributed by atoms with van der Waals surface area (Å²) in [4.78, 5) is 0. The predicted molar refractivity (Wildman–Crippen MR) is 79.9 cm³/mol. The maximum absolute atomic E-state index is 5.69. The van der Waals surface area contributed by atoms with Gasteiger partial charge >= 0.3 is 0 Å². The lowest BCUT2D eigenvalue weighted by Gasteiger charge is -2.00. The molecule has 106 valence electrons. The molecule has 2 unspecified atom stereocenters. The SMILES string of the molecule is C=CCCCC1OC1CCCCCCCCCC. The van der Waals surface area contributed by atoms with E-state index in [2.05, 4.69) is 13.5 Å². The summed E-state index contributed by atoms with van der Waals surface area (Å²) in [7, 11) is 0. The third-order valence-electron chi connectivity index (χ3n) is 3.93. The molecule has 1 rings (SSSR count). The van der Waals surface area contributed by atoms with Gasteiger partial charge in [0.25, 0.3) is 0 Å². The van der Waals surface area contributed by atoms with Crippen molar-refractivity contribution in [2.24, 2.45) is 0 Å². The molecule has 1 heteroatoms. The number of rotatable bonds is 13. The Hall–Kier alpha value is -0.300.